The summed E-state index contributed by atoms with van der Waals surface area (Å²) >= 11 is 0. The van der Waals surface area contributed by atoms with Crippen LogP contribution in [0.1, 0.15) is 17.2 Å². The van der Waals surface area contributed by atoms with Crippen molar-refractivity contribution >= 4 is 0 Å². The van der Waals surface area contributed by atoms with Gasteiger partial charge in [-0.3, -0.25) is 0 Å². The quantitative estimate of drug-likeness (QED) is 0.777. The summed E-state index contributed by atoms with van der Waals surface area (Å²) in [7, 11) is 0. The molecule has 4 heteroatoms. The second-order valence-electron chi connectivity index (χ2n) is 4.15. The number of fused-ring (bicyclic) bond motifs is 1. The molecular weight excluding hydrogens is 206 g/mol. The van der Waals surface area contributed by atoms with E-state index in [-0.39, 0.29) is 6.10 Å². The summed E-state index contributed by atoms with van der Waals surface area (Å²) in [5.74, 6) is 1.68. The van der Waals surface area contributed by atoms with E-state index in [2.05, 4.69) is 18.3 Å². The number of hydrogen-bond acceptors (Lipinski definition) is 4. The van der Waals surface area contributed by atoms with E-state index in [1.54, 1.807) is 0 Å². The monoisotopic (exact) mass is 221 g/mol. The molecular formula is C12H15NO3. The topological polar surface area (TPSA) is 39.7 Å². The summed E-state index contributed by atoms with van der Waals surface area (Å²) in [4.78, 5) is 0. The molecule has 2 aliphatic heterocycles. The molecule has 1 atom stereocenters. The van der Waals surface area contributed by atoms with E-state index >= 15 is 0 Å². The molecule has 1 aromatic rings. The highest BCUT2D eigenvalue weighted by Crippen LogP contribution is 2.40. The van der Waals surface area contributed by atoms with E-state index in [0.717, 1.165) is 36.8 Å². The molecule has 3 rings (SSSR count). The molecule has 16 heavy (non-hydrogen) atoms. The zero-order valence-electron chi connectivity index (χ0n) is 9.29. The van der Waals surface area contributed by atoms with Crippen molar-refractivity contribution in [2.45, 2.75) is 13.0 Å². The summed E-state index contributed by atoms with van der Waals surface area (Å²) in [6, 6.07) is 4.12. The summed E-state index contributed by atoms with van der Waals surface area (Å²) in [5, 5.41) is 3.32. The van der Waals surface area contributed by atoms with Crippen LogP contribution in [0.2, 0.25) is 0 Å². The van der Waals surface area contributed by atoms with Gasteiger partial charge in [-0.15, -0.1) is 0 Å². The van der Waals surface area contributed by atoms with Crippen molar-refractivity contribution in [1.29, 1.82) is 0 Å². The van der Waals surface area contributed by atoms with Gasteiger partial charge >= 0.3 is 0 Å². The molecule has 1 N–H and O–H groups in total. The van der Waals surface area contributed by atoms with Crippen molar-refractivity contribution in [3.05, 3.63) is 23.3 Å². The van der Waals surface area contributed by atoms with Gasteiger partial charge in [0.15, 0.2) is 11.5 Å². The number of hydrogen-bond donors (Lipinski definition) is 1. The van der Waals surface area contributed by atoms with Crippen molar-refractivity contribution in [2.75, 3.05) is 26.5 Å². The normalized spacial score (nSPS) is 23.4. The summed E-state index contributed by atoms with van der Waals surface area (Å²) in [6.07, 6.45) is 0.0732. The van der Waals surface area contributed by atoms with Crippen LogP contribution in [0.25, 0.3) is 0 Å². The fraction of sp³-hybridized carbons (Fsp3) is 0.500. The minimum atomic E-state index is 0.0732. The zero-order valence-corrected chi connectivity index (χ0v) is 9.29. The van der Waals surface area contributed by atoms with Gasteiger partial charge in [-0.2, -0.15) is 0 Å². The van der Waals surface area contributed by atoms with Crippen LogP contribution in [0.3, 0.4) is 0 Å². The maximum absolute atomic E-state index is 5.75. The molecule has 2 heterocycles. The van der Waals surface area contributed by atoms with Crippen molar-refractivity contribution in [2.24, 2.45) is 0 Å². The van der Waals surface area contributed by atoms with Gasteiger partial charge in [0, 0.05) is 18.7 Å². The lowest BCUT2D eigenvalue weighted by molar-refractivity contribution is 0.0259. The van der Waals surface area contributed by atoms with Crippen molar-refractivity contribution in [1.82, 2.24) is 5.32 Å². The number of benzene rings is 1. The first-order valence-electron chi connectivity index (χ1n) is 5.57. The van der Waals surface area contributed by atoms with Gasteiger partial charge in [-0.05, 0) is 24.6 Å². The van der Waals surface area contributed by atoms with Gasteiger partial charge in [-0.25, -0.2) is 0 Å². The Labute approximate surface area is 94.5 Å². The summed E-state index contributed by atoms with van der Waals surface area (Å²) in [5.41, 5.74) is 2.27. The van der Waals surface area contributed by atoms with Crippen LogP contribution >= 0.6 is 0 Å². The van der Waals surface area contributed by atoms with E-state index in [1.165, 1.54) is 5.56 Å². The Hall–Kier alpha value is -1.26. The van der Waals surface area contributed by atoms with E-state index in [0.29, 0.717) is 6.79 Å². The average Bonchev–Trinajstić information content (AvgIpc) is 2.77. The molecule has 0 aromatic heterocycles. The Morgan fingerprint density at radius 2 is 2.25 bits per heavy atom. The molecule has 0 bridgehead atoms. The lowest BCUT2D eigenvalue weighted by Gasteiger charge is -2.25. The highest BCUT2D eigenvalue weighted by Gasteiger charge is 2.25. The predicted molar refractivity (Wildman–Crippen MR) is 58.9 cm³/mol. The van der Waals surface area contributed by atoms with Crippen LogP contribution in [0, 0.1) is 6.92 Å². The highest BCUT2D eigenvalue weighted by molar-refractivity contribution is 5.51. The molecule has 86 valence electrons. The third kappa shape index (κ3) is 1.64. The number of morpholine rings is 1. The minimum absolute atomic E-state index is 0.0732. The lowest BCUT2D eigenvalue weighted by Crippen LogP contribution is -2.33. The largest absolute Gasteiger partial charge is 0.454 e. The van der Waals surface area contributed by atoms with Crippen LogP contribution in [0.5, 0.6) is 11.5 Å². The smallest absolute Gasteiger partial charge is 0.231 e. The number of nitrogens with one attached hydrogen (secondary N) is 1. The van der Waals surface area contributed by atoms with Gasteiger partial charge in [0.1, 0.15) is 0 Å². The van der Waals surface area contributed by atoms with E-state index in [4.69, 9.17) is 14.2 Å². The maximum atomic E-state index is 5.75. The van der Waals surface area contributed by atoms with Crippen LogP contribution in [0.15, 0.2) is 12.1 Å². The Morgan fingerprint density at radius 1 is 1.31 bits per heavy atom. The fourth-order valence-electron chi connectivity index (χ4n) is 2.18. The molecule has 0 aliphatic carbocycles. The van der Waals surface area contributed by atoms with Crippen LogP contribution < -0.4 is 14.8 Å². The van der Waals surface area contributed by atoms with Gasteiger partial charge in [0.25, 0.3) is 0 Å². The molecule has 0 amide bonds. The second kappa shape index (κ2) is 3.96. The number of ether oxygens (including phenoxy) is 3. The Bertz CT molecular complexity index is 399. The third-order valence-corrected chi connectivity index (χ3v) is 2.92. The van der Waals surface area contributed by atoms with Crippen LogP contribution in [0.4, 0.5) is 0 Å². The Balaban J connectivity index is 1.99. The third-order valence-electron chi connectivity index (χ3n) is 2.92. The first kappa shape index (κ1) is 9.93. The zero-order chi connectivity index (χ0) is 11.0. The molecule has 1 fully saturated rings. The van der Waals surface area contributed by atoms with Crippen molar-refractivity contribution in [3.8, 4) is 11.5 Å². The van der Waals surface area contributed by atoms with Crippen molar-refractivity contribution < 1.29 is 14.2 Å². The molecule has 2 aliphatic rings. The molecule has 1 unspecified atom stereocenters. The first-order chi connectivity index (χ1) is 7.84. The van der Waals surface area contributed by atoms with E-state index in [1.807, 2.05) is 6.07 Å². The lowest BCUT2D eigenvalue weighted by atomic mass is 10.0. The van der Waals surface area contributed by atoms with Crippen molar-refractivity contribution in [3.63, 3.8) is 0 Å². The van der Waals surface area contributed by atoms with Gasteiger partial charge in [0.2, 0.25) is 6.79 Å². The molecule has 1 aromatic carbocycles. The molecule has 1 saturated heterocycles. The number of aryl methyl sites for hydroxylation is 1. The van der Waals surface area contributed by atoms with E-state index in [9.17, 15) is 0 Å². The predicted octanol–water partition coefficient (Wildman–Crippen LogP) is 1.38. The first-order valence-corrected chi connectivity index (χ1v) is 5.57. The molecule has 0 radical (unpaired) electrons. The standard InChI is InChI=1S/C12H15NO3/c1-8-4-9(11-6-13-2-3-14-11)12-10(5-8)15-7-16-12/h4-5,11,13H,2-3,6-7H2,1H3. The highest BCUT2D eigenvalue weighted by atomic mass is 16.7. The number of rotatable bonds is 1. The minimum Gasteiger partial charge on any atom is -0.454 e. The Morgan fingerprint density at radius 3 is 3.06 bits per heavy atom. The van der Waals surface area contributed by atoms with Gasteiger partial charge < -0.3 is 19.5 Å². The summed E-state index contributed by atoms with van der Waals surface area (Å²) < 4.78 is 16.7. The van der Waals surface area contributed by atoms with Gasteiger partial charge in [0.05, 0.1) is 12.7 Å². The van der Waals surface area contributed by atoms with E-state index < -0.39 is 0 Å². The second-order valence-corrected chi connectivity index (χ2v) is 4.15. The maximum Gasteiger partial charge on any atom is 0.231 e. The Kier molecular flexibility index (Phi) is 2.46. The molecule has 0 saturated carbocycles. The van der Waals surface area contributed by atoms with Crippen LogP contribution in [-0.2, 0) is 4.74 Å². The van der Waals surface area contributed by atoms with Crippen LogP contribution in [-0.4, -0.2) is 26.5 Å². The van der Waals surface area contributed by atoms with Gasteiger partial charge in [-0.1, -0.05) is 0 Å². The SMILES string of the molecule is Cc1cc2c(c(C3CNCCO3)c1)OCO2. The molecule has 0 spiro atoms. The molecule has 4 nitrogen and oxygen atoms in total. The fourth-order valence-corrected chi connectivity index (χ4v) is 2.18. The average molecular weight is 221 g/mol. The summed E-state index contributed by atoms with van der Waals surface area (Å²) in [6.45, 7) is 4.86.